The lowest BCUT2D eigenvalue weighted by atomic mass is 10.2. The summed E-state index contributed by atoms with van der Waals surface area (Å²) in [5.41, 5.74) is -0.160. The standard InChI is InChI=1S/C9H16ClN3O/c1-9(2,3)14-6-8-12-11-7(5-10)13(8)4/h5-6H2,1-4H3. The van der Waals surface area contributed by atoms with Gasteiger partial charge in [-0.2, -0.15) is 0 Å². The first-order valence-electron chi connectivity index (χ1n) is 4.51. The lowest BCUT2D eigenvalue weighted by molar-refractivity contribution is -0.0191. The molecule has 0 saturated carbocycles. The number of halogens is 1. The smallest absolute Gasteiger partial charge is 0.158 e. The van der Waals surface area contributed by atoms with Crippen LogP contribution < -0.4 is 0 Å². The minimum atomic E-state index is -0.160. The Hall–Kier alpha value is -0.610. The van der Waals surface area contributed by atoms with Crippen molar-refractivity contribution in [3.63, 3.8) is 0 Å². The molecule has 80 valence electrons. The highest BCUT2D eigenvalue weighted by Crippen LogP contribution is 2.11. The Morgan fingerprint density at radius 1 is 1.29 bits per heavy atom. The summed E-state index contributed by atoms with van der Waals surface area (Å²) in [6.07, 6.45) is 0. The molecule has 0 bridgehead atoms. The molecule has 0 N–H and O–H groups in total. The van der Waals surface area contributed by atoms with Crippen LogP contribution in [-0.4, -0.2) is 20.4 Å². The van der Waals surface area contributed by atoms with E-state index in [0.29, 0.717) is 12.5 Å². The molecule has 0 aliphatic heterocycles. The van der Waals surface area contributed by atoms with E-state index in [1.54, 1.807) is 0 Å². The van der Waals surface area contributed by atoms with Crippen molar-refractivity contribution >= 4 is 11.6 Å². The van der Waals surface area contributed by atoms with Crippen LogP contribution in [0.1, 0.15) is 32.4 Å². The molecule has 14 heavy (non-hydrogen) atoms. The molecule has 0 aliphatic rings. The van der Waals surface area contributed by atoms with Gasteiger partial charge in [0.2, 0.25) is 0 Å². The minimum Gasteiger partial charge on any atom is -0.368 e. The van der Waals surface area contributed by atoms with E-state index in [1.807, 2.05) is 32.4 Å². The van der Waals surface area contributed by atoms with Gasteiger partial charge < -0.3 is 9.30 Å². The highest BCUT2D eigenvalue weighted by Gasteiger charge is 2.13. The van der Waals surface area contributed by atoms with Crippen molar-refractivity contribution in [1.29, 1.82) is 0 Å². The van der Waals surface area contributed by atoms with Gasteiger partial charge in [0.15, 0.2) is 5.82 Å². The maximum Gasteiger partial charge on any atom is 0.158 e. The number of hydrogen-bond donors (Lipinski definition) is 0. The molecule has 1 rings (SSSR count). The molecule has 0 aliphatic carbocycles. The van der Waals surface area contributed by atoms with Gasteiger partial charge in [-0.15, -0.1) is 21.8 Å². The molecule has 4 nitrogen and oxygen atoms in total. The molecular weight excluding hydrogens is 202 g/mol. The third-order valence-corrected chi connectivity index (χ3v) is 2.05. The fourth-order valence-corrected chi connectivity index (χ4v) is 1.15. The van der Waals surface area contributed by atoms with E-state index >= 15 is 0 Å². The van der Waals surface area contributed by atoms with E-state index in [-0.39, 0.29) is 5.60 Å². The number of alkyl halides is 1. The quantitative estimate of drug-likeness (QED) is 0.726. The number of ether oxygens (including phenoxy) is 1. The van der Waals surface area contributed by atoms with E-state index in [9.17, 15) is 0 Å². The second-order valence-electron chi connectivity index (χ2n) is 4.13. The van der Waals surface area contributed by atoms with Crippen LogP contribution in [0.3, 0.4) is 0 Å². The molecule has 0 saturated heterocycles. The Labute approximate surface area is 89.2 Å². The van der Waals surface area contributed by atoms with E-state index in [0.717, 1.165) is 11.6 Å². The van der Waals surface area contributed by atoms with E-state index in [4.69, 9.17) is 16.3 Å². The van der Waals surface area contributed by atoms with Crippen molar-refractivity contribution in [2.45, 2.75) is 38.9 Å². The van der Waals surface area contributed by atoms with E-state index in [1.165, 1.54) is 0 Å². The molecule has 5 heteroatoms. The number of hydrogen-bond acceptors (Lipinski definition) is 3. The van der Waals surface area contributed by atoms with Gasteiger partial charge in [-0.3, -0.25) is 0 Å². The molecule has 0 unspecified atom stereocenters. The summed E-state index contributed by atoms with van der Waals surface area (Å²) in [6, 6.07) is 0. The first-order valence-corrected chi connectivity index (χ1v) is 5.04. The van der Waals surface area contributed by atoms with Gasteiger partial charge in [-0.25, -0.2) is 0 Å². The third kappa shape index (κ3) is 2.96. The van der Waals surface area contributed by atoms with Crippen molar-refractivity contribution in [3.8, 4) is 0 Å². The van der Waals surface area contributed by atoms with Crippen LogP contribution in [0.4, 0.5) is 0 Å². The van der Waals surface area contributed by atoms with Crippen molar-refractivity contribution < 1.29 is 4.74 Å². The van der Waals surface area contributed by atoms with Gasteiger partial charge >= 0.3 is 0 Å². The van der Waals surface area contributed by atoms with Gasteiger partial charge in [-0.1, -0.05) is 0 Å². The average molecular weight is 218 g/mol. The molecule has 0 atom stereocenters. The predicted molar refractivity (Wildman–Crippen MR) is 55.1 cm³/mol. The number of rotatable bonds is 3. The molecule has 0 aromatic carbocycles. The summed E-state index contributed by atoms with van der Waals surface area (Å²) in [4.78, 5) is 0. The Kier molecular flexibility index (Phi) is 3.50. The summed E-state index contributed by atoms with van der Waals surface area (Å²) in [7, 11) is 1.89. The number of aromatic nitrogens is 3. The van der Waals surface area contributed by atoms with Crippen LogP contribution >= 0.6 is 11.6 Å². The summed E-state index contributed by atoms with van der Waals surface area (Å²) in [6.45, 7) is 6.48. The molecular formula is C9H16ClN3O. The van der Waals surface area contributed by atoms with Gasteiger partial charge in [0.25, 0.3) is 0 Å². The van der Waals surface area contributed by atoms with Crippen molar-refractivity contribution in [2.24, 2.45) is 7.05 Å². The predicted octanol–water partition coefficient (Wildman–Crippen LogP) is 1.87. The lowest BCUT2D eigenvalue weighted by Gasteiger charge is -2.18. The minimum absolute atomic E-state index is 0.160. The van der Waals surface area contributed by atoms with Crippen molar-refractivity contribution in [1.82, 2.24) is 14.8 Å². The summed E-state index contributed by atoms with van der Waals surface area (Å²) in [5.74, 6) is 1.94. The molecule has 0 fully saturated rings. The van der Waals surface area contributed by atoms with Crippen LogP contribution in [-0.2, 0) is 24.3 Å². The zero-order valence-corrected chi connectivity index (χ0v) is 9.80. The van der Waals surface area contributed by atoms with E-state index < -0.39 is 0 Å². The van der Waals surface area contributed by atoms with Gasteiger partial charge in [0.1, 0.15) is 12.4 Å². The van der Waals surface area contributed by atoms with Crippen LogP contribution in [0.25, 0.3) is 0 Å². The average Bonchev–Trinajstić information content (AvgIpc) is 2.42. The first-order chi connectivity index (χ1) is 6.44. The molecule has 0 spiro atoms. The Morgan fingerprint density at radius 3 is 2.29 bits per heavy atom. The van der Waals surface area contributed by atoms with Crippen molar-refractivity contribution in [2.75, 3.05) is 0 Å². The summed E-state index contributed by atoms with van der Waals surface area (Å²) >= 11 is 5.67. The molecule has 1 aromatic rings. The molecule has 0 radical (unpaired) electrons. The monoisotopic (exact) mass is 217 g/mol. The lowest BCUT2D eigenvalue weighted by Crippen LogP contribution is -2.20. The zero-order valence-electron chi connectivity index (χ0n) is 9.04. The maximum absolute atomic E-state index is 5.67. The van der Waals surface area contributed by atoms with Crippen LogP contribution in [0.5, 0.6) is 0 Å². The fraction of sp³-hybridized carbons (Fsp3) is 0.778. The van der Waals surface area contributed by atoms with Crippen molar-refractivity contribution in [3.05, 3.63) is 11.6 Å². The van der Waals surface area contributed by atoms with Crippen LogP contribution in [0, 0.1) is 0 Å². The second kappa shape index (κ2) is 4.28. The van der Waals surface area contributed by atoms with Gasteiger partial charge in [-0.05, 0) is 20.8 Å². The highest BCUT2D eigenvalue weighted by molar-refractivity contribution is 6.16. The van der Waals surface area contributed by atoms with Gasteiger partial charge in [0, 0.05) is 7.05 Å². The Balaban J connectivity index is 2.64. The Bertz CT molecular complexity index is 303. The maximum atomic E-state index is 5.67. The topological polar surface area (TPSA) is 39.9 Å². The summed E-state index contributed by atoms with van der Waals surface area (Å²) < 4.78 is 7.45. The molecule has 0 amide bonds. The van der Waals surface area contributed by atoms with Crippen LogP contribution in [0.2, 0.25) is 0 Å². The Morgan fingerprint density at radius 2 is 1.86 bits per heavy atom. The third-order valence-electron chi connectivity index (χ3n) is 1.81. The fourth-order valence-electron chi connectivity index (χ4n) is 0.922. The zero-order chi connectivity index (χ0) is 10.8. The van der Waals surface area contributed by atoms with E-state index in [2.05, 4.69) is 10.2 Å². The largest absolute Gasteiger partial charge is 0.368 e. The highest BCUT2D eigenvalue weighted by atomic mass is 35.5. The molecule has 1 aromatic heterocycles. The SMILES string of the molecule is Cn1c(CCl)nnc1COC(C)(C)C. The normalized spacial score (nSPS) is 12.1. The van der Waals surface area contributed by atoms with Crippen LogP contribution in [0.15, 0.2) is 0 Å². The summed E-state index contributed by atoms with van der Waals surface area (Å²) in [5, 5.41) is 7.93. The van der Waals surface area contributed by atoms with Gasteiger partial charge in [0.05, 0.1) is 11.5 Å². The second-order valence-corrected chi connectivity index (χ2v) is 4.39. The first kappa shape index (κ1) is 11.5. The number of nitrogens with zero attached hydrogens (tertiary/aromatic N) is 3. The molecule has 1 heterocycles.